The van der Waals surface area contributed by atoms with Gasteiger partial charge in [0.25, 0.3) is 11.9 Å². The zero-order valence-electron chi connectivity index (χ0n) is 16.8. The molecule has 8 heteroatoms. The van der Waals surface area contributed by atoms with Crippen LogP contribution in [0.1, 0.15) is 48.2 Å². The number of carbonyl (C=O) groups is 1. The van der Waals surface area contributed by atoms with Crippen LogP contribution < -0.4 is 10.6 Å². The number of hydrogen-bond donors (Lipinski definition) is 2. The van der Waals surface area contributed by atoms with Crippen molar-refractivity contribution in [3.8, 4) is 0 Å². The number of oxazole rings is 1. The molecule has 1 aliphatic carbocycles. The van der Waals surface area contributed by atoms with Crippen LogP contribution in [0, 0.1) is 29.8 Å². The number of aromatic nitrogens is 1. The van der Waals surface area contributed by atoms with Crippen molar-refractivity contribution in [2.75, 3.05) is 10.6 Å². The molecule has 1 radical (unpaired) electrons. The largest absolute Gasteiger partial charge is 0.431 e. The second-order valence-electron chi connectivity index (χ2n) is 7.71. The summed E-state index contributed by atoms with van der Waals surface area (Å²) < 4.78 is 45.2. The molecule has 1 heterocycles. The fourth-order valence-corrected chi connectivity index (χ4v) is 3.60. The number of carbonyl (C=O) groups excluding carboxylic acids is 1. The van der Waals surface area contributed by atoms with Gasteiger partial charge < -0.3 is 15.1 Å². The lowest BCUT2D eigenvalue weighted by atomic mass is 9.79. The van der Waals surface area contributed by atoms with Crippen LogP contribution in [0.25, 0.3) is 0 Å². The normalized spacial score (nSPS) is 18.6. The SMILES string of the molecule is CC1[CH]CC(c2ccc(NC(=O)c3coc(Nc4cc(F)c(F)cc4F)n3)cc2)CC1. The van der Waals surface area contributed by atoms with Crippen LogP contribution in [0.3, 0.4) is 0 Å². The molecule has 31 heavy (non-hydrogen) atoms. The summed E-state index contributed by atoms with van der Waals surface area (Å²) >= 11 is 0. The van der Waals surface area contributed by atoms with Crippen molar-refractivity contribution in [1.29, 1.82) is 0 Å². The molecule has 161 valence electrons. The van der Waals surface area contributed by atoms with Crippen LogP contribution in [0.5, 0.6) is 0 Å². The number of rotatable bonds is 5. The smallest absolute Gasteiger partial charge is 0.299 e. The number of halogens is 3. The van der Waals surface area contributed by atoms with E-state index >= 15 is 0 Å². The number of amides is 1. The van der Waals surface area contributed by atoms with Gasteiger partial charge in [-0.1, -0.05) is 19.1 Å². The number of nitrogens with one attached hydrogen (secondary N) is 2. The highest BCUT2D eigenvalue weighted by Crippen LogP contribution is 2.35. The maximum atomic E-state index is 13.7. The molecule has 2 unspecified atom stereocenters. The topological polar surface area (TPSA) is 67.2 Å². The number of nitrogens with zero attached hydrogens (tertiary/aromatic N) is 1. The van der Waals surface area contributed by atoms with Gasteiger partial charge in [-0.3, -0.25) is 4.79 Å². The summed E-state index contributed by atoms with van der Waals surface area (Å²) in [6.45, 7) is 2.23. The minimum atomic E-state index is -1.31. The molecule has 0 bridgehead atoms. The maximum absolute atomic E-state index is 13.7. The van der Waals surface area contributed by atoms with Gasteiger partial charge in [0.15, 0.2) is 17.3 Å². The van der Waals surface area contributed by atoms with Gasteiger partial charge in [-0.05, 0) is 55.2 Å². The Labute approximate surface area is 177 Å². The highest BCUT2D eigenvalue weighted by molar-refractivity contribution is 6.02. The quantitative estimate of drug-likeness (QED) is 0.475. The second kappa shape index (κ2) is 8.83. The third-order valence-corrected chi connectivity index (χ3v) is 5.42. The fraction of sp³-hybridized carbons (Fsp3) is 0.261. The fourth-order valence-electron chi connectivity index (χ4n) is 3.60. The molecule has 3 aromatic rings. The van der Waals surface area contributed by atoms with Gasteiger partial charge >= 0.3 is 0 Å². The Kier molecular flexibility index (Phi) is 5.97. The molecule has 2 aromatic carbocycles. The Hall–Kier alpha value is -3.29. The van der Waals surface area contributed by atoms with E-state index in [4.69, 9.17) is 4.42 Å². The van der Waals surface area contributed by atoms with Gasteiger partial charge in [-0.15, -0.1) is 0 Å². The van der Waals surface area contributed by atoms with E-state index in [-0.39, 0.29) is 17.4 Å². The van der Waals surface area contributed by atoms with Crippen molar-refractivity contribution >= 4 is 23.3 Å². The summed E-state index contributed by atoms with van der Waals surface area (Å²) in [5, 5.41) is 5.10. The average Bonchev–Trinajstić information content (AvgIpc) is 3.22. The molecule has 2 N–H and O–H groups in total. The van der Waals surface area contributed by atoms with Crippen LogP contribution in [0.4, 0.5) is 30.6 Å². The molecule has 1 saturated carbocycles. The molecular formula is C23H21F3N3O2. The number of anilines is 3. The summed E-state index contributed by atoms with van der Waals surface area (Å²) in [4.78, 5) is 16.3. The van der Waals surface area contributed by atoms with E-state index in [1.165, 1.54) is 12.0 Å². The maximum Gasteiger partial charge on any atom is 0.299 e. The van der Waals surface area contributed by atoms with E-state index in [9.17, 15) is 18.0 Å². The zero-order valence-corrected chi connectivity index (χ0v) is 16.8. The van der Waals surface area contributed by atoms with Crippen molar-refractivity contribution in [2.24, 2.45) is 5.92 Å². The Balaban J connectivity index is 1.38. The van der Waals surface area contributed by atoms with Crippen molar-refractivity contribution in [3.63, 3.8) is 0 Å². The first-order valence-electron chi connectivity index (χ1n) is 10.0. The lowest BCUT2D eigenvalue weighted by molar-refractivity contribution is 0.102. The lowest BCUT2D eigenvalue weighted by Crippen LogP contribution is -2.13. The van der Waals surface area contributed by atoms with E-state index in [1.807, 2.05) is 24.3 Å². The first-order valence-corrected chi connectivity index (χ1v) is 10.0. The summed E-state index contributed by atoms with van der Waals surface area (Å²) in [7, 11) is 0. The van der Waals surface area contributed by atoms with Crippen molar-refractivity contribution in [1.82, 2.24) is 4.98 Å². The first kappa shape index (κ1) is 21.0. The Morgan fingerprint density at radius 1 is 1.06 bits per heavy atom. The third kappa shape index (κ3) is 4.90. The minimum absolute atomic E-state index is 0.0505. The number of benzene rings is 2. The van der Waals surface area contributed by atoms with Gasteiger partial charge in [0.1, 0.15) is 12.1 Å². The summed E-state index contributed by atoms with van der Waals surface area (Å²) in [5.74, 6) is -2.91. The lowest BCUT2D eigenvalue weighted by Gasteiger charge is -2.26. The van der Waals surface area contributed by atoms with E-state index in [0.717, 1.165) is 19.1 Å². The Morgan fingerprint density at radius 3 is 2.52 bits per heavy atom. The molecule has 1 amide bonds. The molecule has 4 rings (SSSR count). The molecule has 5 nitrogen and oxygen atoms in total. The molecule has 0 saturated heterocycles. The van der Waals surface area contributed by atoms with Gasteiger partial charge in [0.2, 0.25) is 0 Å². The van der Waals surface area contributed by atoms with E-state index < -0.39 is 23.4 Å². The van der Waals surface area contributed by atoms with Crippen LogP contribution in [-0.2, 0) is 0 Å². The zero-order chi connectivity index (χ0) is 22.0. The standard InChI is InChI=1S/C23H21F3N3O2/c1-13-2-4-14(5-3-13)15-6-8-16(9-7-15)27-22(30)21-12-31-23(29-21)28-20-11-18(25)17(24)10-19(20)26/h2,6-14H,3-5H2,1H3,(H,27,30)(H,28,29). The predicted octanol–water partition coefficient (Wildman–Crippen LogP) is 6.20. The summed E-state index contributed by atoms with van der Waals surface area (Å²) in [6, 6.07) is 8.50. The Morgan fingerprint density at radius 2 is 1.81 bits per heavy atom. The van der Waals surface area contributed by atoms with E-state index in [1.54, 1.807) is 0 Å². The first-order chi connectivity index (χ1) is 14.9. The Bertz CT molecular complexity index is 1070. The highest BCUT2D eigenvalue weighted by atomic mass is 19.2. The molecule has 0 aliphatic heterocycles. The van der Waals surface area contributed by atoms with Crippen LogP contribution in [0.2, 0.25) is 0 Å². The monoisotopic (exact) mass is 428 g/mol. The van der Waals surface area contributed by atoms with Gasteiger partial charge in [0.05, 0.1) is 5.69 Å². The molecule has 1 aliphatic rings. The molecule has 1 aromatic heterocycles. The molecule has 0 spiro atoms. The van der Waals surface area contributed by atoms with Gasteiger partial charge in [0, 0.05) is 17.8 Å². The average molecular weight is 428 g/mol. The van der Waals surface area contributed by atoms with Gasteiger partial charge in [-0.2, -0.15) is 4.98 Å². The molecular weight excluding hydrogens is 407 g/mol. The van der Waals surface area contributed by atoms with Crippen molar-refractivity contribution in [3.05, 3.63) is 77.8 Å². The summed E-state index contributed by atoms with van der Waals surface area (Å²) in [6.07, 6.45) is 6.83. The third-order valence-electron chi connectivity index (χ3n) is 5.42. The van der Waals surface area contributed by atoms with Crippen LogP contribution >= 0.6 is 0 Å². The highest BCUT2D eigenvalue weighted by Gasteiger charge is 2.20. The predicted molar refractivity (Wildman–Crippen MR) is 111 cm³/mol. The van der Waals surface area contributed by atoms with Crippen molar-refractivity contribution < 1.29 is 22.4 Å². The van der Waals surface area contributed by atoms with Crippen LogP contribution in [0.15, 0.2) is 47.1 Å². The molecule has 2 atom stereocenters. The van der Waals surface area contributed by atoms with Gasteiger partial charge in [-0.25, -0.2) is 13.2 Å². The number of hydrogen-bond acceptors (Lipinski definition) is 4. The second-order valence-corrected chi connectivity index (χ2v) is 7.71. The molecule has 1 fully saturated rings. The van der Waals surface area contributed by atoms with Crippen LogP contribution in [-0.4, -0.2) is 10.9 Å². The minimum Gasteiger partial charge on any atom is -0.431 e. The van der Waals surface area contributed by atoms with E-state index in [2.05, 4.69) is 29.0 Å². The van der Waals surface area contributed by atoms with E-state index in [0.29, 0.717) is 29.7 Å². The summed E-state index contributed by atoms with van der Waals surface area (Å²) in [5.41, 5.74) is 1.43. The van der Waals surface area contributed by atoms with Crippen molar-refractivity contribution in [2.45, 2.75) is 32.1 Å².